The maximum Gasteiger partial charge on any atom is 0.199 e. The molecular weight excluding hydrogens is 433 g/mol. The number of rotatable bonds is 4. The molecule has 0 radical (unpaired) electrons. The van der Waals surface area contributed by atoms with Crippen LogP contribution in [-0.4, -0.2) is 33.3 Å². The van der Waals surface area contributed by atoms with Crippen molar-refractivity contribution in [2.75, 3.05) is 5.73 Å². The van der Waals surface area contributed by atoms with Gasteiger partial charge in [0.15, 0.2) is 15.5 Å². The van der Waals surface area contributed by atoms with Crippen LogP contribution in [0.1, 0.15) is 17.2 Å². The molecule has 0 aliphatic heterocycles. The first-order valence-electron chi connectivity index (χ1n) is 9.75. The first kappa shape index (κ1) is 20.1. The molecule has 1 aliphatic carbocycles. The van der Waals surface area contributed by atoms with Crippen molar-refractivity contribution in [3.63, 3.8) is 0 Å². The fraction of sp³-hybridized carbons (Fsp3) is 0.136. The quantitative estimate of drug-likeness (QED) is 0.488. The topological polar surface area (TPSA) is 124 Å². The van der Waals surface area contributed by atoms with Crippen molar-refractivity contribution in [1.29, 1.82) is 0 Å². The zero-order valence-electron chi connectivity index (χ0n) is 16.7. The van der Waals surface area contributed by atoms with Gasteiger partial charge in [0.2, 0.25) is 0 Å². The fourth-order valence-electron chi connectivity index (χ4n) is 4.29. The molecule has 0 amide bonds. The molecule has 1 unspecified atom stereocenters. The van der Waals surface area contributed by atoms with Crippen molar-refractivity contribution in [1.82, 2.24) is 19.7 Å². The number of nitrogens with two attached hydrogens (primary N) is 1. The molecule has 2 aromatic carbocycles. The van der Waals surface area contributed by atoms with Gasteiger partial charge in [0, 0.05) is 17.0 Å². The average molecular weight is 451 g/mol. The number of phenols is 1. The molecule has 1 aliphatic rings. The highest BCUT2D eigenvalue weighted by Crippen LogP contribution is 2.39. The standard InChI is InChI=1S/C22H18FN5O3S/c1-2-32(30,31)18-5-3-4-12-7-15(10-17(12)18)28-22-19(21(24)25-11-26-22)20(27-28)13-6-14(23)9-16(29)8-13/h2-6,8-9,11,15,29H,1,7,10H2,(H2,24,25,26). The summed E-state index contributed by atoms with van der Waals surface area (Å²) in [7, 11) is -3.61. The minimum absolute atomic E-state index is 0.172. The van der Waals surface area contributed by atoms with Crippen molar-refractivity contribution >= 4 is 26.7 Å². The van der Waals surface area contributed by atoms with Gasteiger partial charge < -0.3 is 10.8 Å². The number of hydrogen-bond donors (Lipinski definition) is 2. The summed E-state index contributed by atoms with van der Waals surface area (Å²) in [6, 6.07) is 8.56. The minimum atomic E-state index is -3.61. The van der Waals surface area contributed by atoms with E-state index in [9.17, 15) is 17.9 Å². The fourth-order valence-corrected chi connectivity index (χ4v) is 5.29. The van der Waals surface area contributed by atoms with Crippen LogP contribution in [0.5, 0.6) is 5.75 Å². The van der Waals surface area contributed by atoms with Crippen LogP contribution in [0, 0.1) is 5.82 Å². The van der Waals surface area contributed by atoms with Gasteiger partial charge >= 0.3 is 0 Å². The Labute approximate surface area is 182 Å². The lowest BCUT2D eigenvalue weighted by Gasteiger charge is -2.11. The zero-order chi connectivity index (χ0) is 22.6. The lowest BCUT2D eigenvalue weighted by Crippen LogP contribution is -2.12. The number of sulfone groups is 1. The normalized spacial score (nSPS) is 15.7. The molecule has 0 saturated carbocycles. The summed E-state index contributed by atoms with van der Waals surface area (Å²) in [5.41, 5.74) is 8.84. The van der Waals surface area contributed by atoms with Crippen molar-refractivity contribution in [2.24, 2.45) is 0 Å². The maximum atomic E-state index is 14.0. The molecule has 3 N–H and O–H groups in total. The smallest absolute Gasteiger partial charge is 0.199 e. The number of phenolic OH excluding ortho intramolecular Hbond substituents is 1. The van der Waals surface area contributed by atoms with Gasteiger partial charge in [-0.25, -0.2) is 27.5 Å². The molecule has 1 atom stereocenters. The Bertz CT molecular complexity index is 1490. The number of aromatic hydroxyl groups is 1. The summed E-state index contributed by atoms with van der Waals surface area (Å²) in [4.78, 5) is 8.62. The SMILES string of the molecule is C=CS(=O)(=O)c1cccc2c1CC(n1nc(-c3cc(O)cc(F)c3)c3c(N)ncnc31)C2. The second-order valence-corrected chi connectivity index (χ2v) is 9.48. The molecule has 0 bridgehead atoms. The molecule has 2 heterocycles. The summed E-state index contributed by atoms with van der Waals surface area (Å²) in [6.45, 7) is 3.43. The van der Waals surface area contributed by atoms with E-state index in [1.165, 1.54) is 18.5 Å². The Kier molecular flexibility index (Phi) is 4.48. The Morgan fingerprint density at radius 1 is 1.22 bits per heavy atom. The van der Waals surface area contributed by atoms with E-state index >= 15 is 0 Å². The van der Waals surface area contributed by atoms with Crippen LogP contribution in [-0.2, 0) is 22.7 Å². The molecule has 0 fully saturated rings. The minimum Gasteiger partial charge on any atom is -0.508 e. The van der Waals surface area contributed by atoms with Gasteiger partial charge in [-0.05, 0) is 42.2 Å². The lowest BCUT2D eigenvalue weighted by molar-refractivity contribution is 0.469. The van der Waals surface area contributed by atoms with Gasteiger partial charge in [0.1, 0.15) is 29.4 Å². The van der Waals surface area contributed by atoms with E-state index in [-0.39, 0.29) is 22.5 Å². The third kappa shape index (κ3) is 3.11. The van der Waals surface area contributed by atoms with Gasteiger partial charge in [0.25, 0.3) is 0 Å². The molecule has 32 heavy (non-hydrogen) atoms. The van der Waals surface area contributed by atoms with Gasteiger partial charge in [-0.2, -0.15) is 5.10 Å². The van der Waals surface area contributed by atoms with Crippen molar-refractivity contribution in [2.45, 2.75) is 23.8 Å². The molecule has 5 rings (SSSR count). The van der Waals surface area contributed by atoms with Crippen LogP contribution in [0.4, 0.5) is 10.2 Å². The van der Waals surface area contributed by atoms with Gasteiger partial charge in [-0.3, -0.25) is 0 Å². The van der Waals surface area contributed by atoms with Crippen LogP contribution in [0.3, 0.4) is 0 Å². The van der Waals surface area contributed by atoms with Crippen molar-refractivity contribution in [3.8, 4) is 17.0 Å². The Hall–Kier alpha value is -3.79. The first-order valence-corrected chi connectivity index (χ1v) is 11.3. The highest BCUT2D eigenvalue weighted by Gasteiger charge is 2.31. The summed E-state index contributed by atoms with van der Waals surface area (Å²) >= 11 is 0. The molecule has 2 aromatic heterocycles. The first-order chi connectivity index (χ1) is 15.3. The molecule has 10 heteroatoms. The van der Waals surface area contributed by atoms with E-state index in [0.29, 0.717) is 40.7 Å². The number of halogens is 1. The summed E-state index contributed by atoms with van der Waals surface area (Å²) < 4.78 is 40.6. The monoisotopic (exact) mass is 451 g/mol. The van der Waals surface area contributed by atoms with E-state index in [1.54, 1.807) is 16.8 Å². The van der Waals surface area contributed by atoms with E-state index in [4.69, 9.17) is 5.73 Å². The Morgan fingerprint density at radius 3 is 2.78 bits per heavy atom. The highest BCUT2D eigenvalue weighted by atomic mass is 32.2. The number of nitrogens with zero attached hydrogens (tertiary/aromatic N) is 4. The lowest BCUT2D eigenvalue weighted by atomic mass is 10.1. The second kappa shape index (κ2) is 7.13. The number of nitrogen functional groups attached to an aromatic ring is 1. The molecule has 4 aromatic rings. The van der Waals surface area contributed by atoms with E-state index < -0.39 is 15.7 Å². The molecule has 0 saturated heterocycles. The van der Waals surface area contributed by atoms with Crippen LogP contribution in [0.15, 0.2) is 59.6 Å². The Morgan fingerprint density at radius 2 is 2.03 bits per heavy atom. The zero-order valence-corrected chi connectivity index (χ0v) is 17.6. The number of hydrogen-bond acceptors (Lipinski definition) is 7. The van der Waals surface area contributed by atoms with Crippen LogP contribution >= 0.6 is 0 Å². The van der Waals surface area contributed by atoms with Gasteiger partial charge in [0.05, 0.1) is 16.3 Å². The molecule has 0 spiro atoms. The second-order valence-electron chi connectivity index (χ2n) is 7.62. The number of aromatic nitrogens is 4. The molecule has 8 nitrogen and oxygen atoms in total. The third-order valence-electron chi connectivity index (χ3n) is 5.67. The van der Waals surface area contributed by atoms with Crippen molar-refractivity contribution in [3.05, 3.63) is 71.7 Å². The van der Waals surface area contributed by atoms with E-state index in [2.05, 4.69) is 21.6 Å². The summed E-state index contributed by atoms with van der Waals surface area (Å²) in [5, 5.41) is 15.9. The maximum absolute atomic E-state index is 14.0. The highest BCUT2D eigenvalue weighted by molar-refractivity contribution is 7.94. The summed E-state index contributed by atoms with van der Waals surface area (Å²) in [6.07, 6.45) is 2.26. The predicted molar refractivity (Wildman–Crippen MR) is 117 cm³/mol. The van der Waals surface area contributed by atoms with Crippen LogP contribution < -0.4 is 5.73 Å². The largest absolute Gasteiger partial charge is 0.508 e. The van der Waals surface area contributed by atoms with E-state index in [1.807, 2.05) is 6.07 Å². The molecular formula is C22H18FN5O3S. The predicted octanol–water partition coefficient (Wildman–Crippen LogP) is 3.18. The van der Waals surface area contributed by atoms with Gasteiger partial charge in [-0.15, -0.1) is 0 Å². The number of fused-ring (bicyclic) bond motifs is 2. The van der Waals surface area contributed by atoms with Crippen molar-refractivity contribution < 1.29 is 17.9 Å². The van der Waals surface area contributed by atoms with E-state index in [0.717, 1.165) is 17.0 Å². The van der Waals surface area contributed by atoms with Gasteiger partial charge in [-0.1, -0.05) is 18.7 Å². The average Bonchev–Trinajstić information content (AvgIpc) is 3.35. The third-order valence-corrected chi connectivity index (χ3v) is 7.11. The number of anilines is 1. The summed E-state index contributed by atoms with van der Waals surface area (Å²) in [5.74, 6) is -0.693. The Balaban J connectivity index is 1.67. The van der Waals surface area contributed by atoms with Crippen LogP contribution in [0.2, 0.25) is 0 Å². The molecule has 162 valence electrons. The number of benzene rings is 2. The van der Waals surface area contributed by atoms with Crippen LogP contribution in [0.25, 0.3) is 22.3 Å².